The number of hydrogen-bond donors (Lipinski definition) is 2. The summed E-state index contributed by atoms with van der Waals surface area (Å²) in [5.41, 5.74) is 4.27. The number of thiophene rings is 1. The Kier molecular flexibility index (Phi) is 6.12. The van der Waals surface area contributed by atoms with Crippen LogP contribution in [0.25, 0.3) is 11.1 Å². The van der Waals surface area contributed by atoms with Gasteiger partial charge in [-0.15, -0.1) is 11.3 Å². The van der Waals surface area contributed by atoms with Crippen LogP contribution in [0.3, 0.4) is 0 Å². The van der Waals surface area contributed by atoms with Crippen molar-refractivity contribution in [3.8, 4) is 11.1 Å². The van der Waals surface area contributed by atoms with E-state index in [4.69, 9.17) is 4.74 Å². The highest BCUT2D eigenvalue weighted by Gasteiger charge is 2.54. The summed E-state index contributed by atoms with van der Waals surface area (Å²) < 4.78 is 5.34. The Hall–Kier alpha value is -2.67. The van der Waals surface area contributed by atoms with Gasteiger partial charge >= 0.3 is 11.9 Å². The largest absolute Gasteiger partial charge is 0.481 e. The molecule has 2 fully saturated rings. The quantitative estimate of drug-likeness (QED) is 0.584. The highest BCUT2D eigenvalue weighted by atomic mass is 32.1. The van der Waals surface area contributed by atoms with Crippen LogP contribution in [0.4, 0.5) is 5.00 Å². The number of carboxylic acids is 1. The van der Waals surface area contributed by atoms with Gasteiger partial charge in [0.05, 0.1) is 18.4 Å². The third kappa shape index (κ3) is 3.83. The zero-order valence-corrected chi connectivity index (χ0v) is 19.7. The molecule has 32 heavy (non-hydrogen) atoms. The highest BCUT2D eigenvalue weighted by Crippen LogP contribution is 2.53. The predicted octanol–water partition coefficient (Wildman–Crippen LogP) is 5.20. The number of aryl methyl sites for hydroxylation is 3. The number of esters is 1. The number of hydrogen-bond acceptors (Lipinski definition) is 5. The molecule has 2 bridgehead atoms. The van der Waals surface area contributed by atoms with E-state index in [0.717, 1.165) is 46.4 Å². The topological polar surface area (TPSA) is 92.7 Å². The number of ether oxygens (including phenoxy) is 1. The summed E-state index contributed by atoms with van der Waals surface area (Å²) in [5.74, 6) is -2.75. The maximum Gasteiger partial charge on any atom is 0.341 e. The van der Waals surface area contributed by atoms with Gasteiger partial charge in [-0.2, -0.15) is 0 Å². The molecule has 1 amide bonds. The average molecular weight is 456 g/mol. The van der Waals surface area contributed by atoms with Gasteiger partial charge in [0.15, 0.2) is 0 Å². The second kappa shape index (κ2) is 8.70. The zero-order chi connectivity index (χ0) is 23.2. The molecule has 0 saturated heterocycles. The average Bonchev–Trinajstić information content (AvgIpc) is 3.43. The molecule has 2 saturated carbocycles. The lowest BCUT2D eigenvalue weighted by molar-refractivity contribution is -0.148. The summed E-state index contributed by atoms with van der Waals surface area (Å²) in [7, 11) is 0. The van der Waals surface area contributed by atoms with Crippen LogP contribution in [0.2, 0.25) is 0 Å². The van der Waals surface area contributed by atoms with Crippen molar-refractivity contribution < 1.29 is 24.2 Å². The van der Waals surface area contributed by atoms with Crippen LogP contribution in [-0.2, 0) is 14.3 Å². The van der Waals surface area contributed by atoms with Gasteiger partial charge in [0.25, 0.3) is 0 Å². The minimum absolute atomic E-state index is 0.0638. The molecule has 4 atom stereocenters. The van der Waals surface area contributed by atoms with E-state index in [0.29, 0.717) is 10.6 Å². The molecule has 0 radical (unpaired) electrons. The van der Waals surface area contributed by atoms with Gasteiger partial charge in [-0.1, -0.05) is 18.2 Å². The predicted molar refractivity (Wildman–Crippen MR) is 124 cm³/mol. The maximum atomic E-state index is 13.3. The number of aliphatic carboxylic acids is 1. The standard InChI is InChI=1S/C25H29NO5S/c1-5-31-25(30)21-18(15-7-6-12(2)13(3)10-15)14(4)32-23(21)26-22(27)19-16-8-9-17(11-16)20(19)24(28)29/h6-7,10,16-17,19-20H,5,8-9,11H2,1-4H3,(H,26,27)(H,28,29)/t16-,17+,19+,20+/m1/s1. The molecule has 1 aromatic heterocycles. The Morgan fingerprint density at radius 2 is 1.78 bits per heavy atom. The molecule has 4 rings (SSSR count). The van der Waals surface area contributed by atoms with E-state index >= 15 is 0 Å². The molecule has 2 aromatic rings. The fraction of sp³-hybridized carbons (Fsp3) is 0.480. The molecule has 1 heterocycles. The van der Waals surface area contributed by atoms with Gasteiger partial charge in [-0.25, -0.2) is 4.79 Å². The van der Waals surface area contributed by atoms with Crippen molar-refractivity contribution in [1.82, 2.24) is 0 Å². The molecule has 170 valence electrons. The van der Waals surface area contributed by atoms with E-state index in [1.165, 1.54) is 11.3 Å². The van der Waals surface area contributed by atoms with E-state index in [9.17, 15) is 19.5 Å². The highest BCUT2D eigenvalue weighted by molar-refractivity contribution is 7.17. The molecule has 0 aliphatic heterocycles. The van der Waals surface area contributed by atoms with Crippen LogP contribution in [0.5, 0.6) is 0 Å². The van der Waals surface area contributed by atoms with Gasteiger partial charge in [-0.3, -0.25) is 9.59 Å². The fourth-order valence-electron chi connectivity index (χ4n) is 5.49. The summed E-state index contributed by atoms with van der Waals surface area (Å²) in [6, 6.07) is 6.03. The van der Waals surface area contributed by atoms with Gasteiger partial charge in [-0.05, 0) is 75.5 Å². The number of carboxylic acid groups (broad SMARTS) is 1. The number of benzene rings is 1. The van der Waals surface area contributed by atoms with Crippen LogP contribution >= 0.6 is 11.3 Å². The Morgan fingerprint density at radius 3 is 2.41 bits per heavy atom. The minimum atomic E-state index is -0.902. The van der Waals surface area contributed by atoms with E-state index in [1.54, 1.807) is 6.92 Å². The Morgan fingerprint density at radius 1 is 1.09 bits per heavy atom. The third-order valence-corrected chi connectivity index (χ3v) is 8.12. The molecule has 0 unspecified atom stereocenters. The van der Waals surface area contributed by atoms with Crippen molar-refractivity contribution in [3.63, 3.8) is 0 Å². The van der Waals surface area contributed by atoms with Crippen LogP contribution < -0.4 is 5.32 Å². The number of amides is 1. The van der Waals surface area contributed by atoms with Crippen molar-refractivity contribution in [2.75, 3.05) is 11.9 Å². The first-order valence-electron chi connectivity index (χ1n) is 11.1. The SMILES string of the molecule is CCOC(=O)c1c(NC(=O)[C@H]2[C@@H]3CC[C@@H](C3)[C@@H]2C(=O)O)sc(C)c1-c1ccc(C)c(C)c1. The smallest absolute Gasteiger partial charge is 0.341 e. The summed E-state index contributed by atoms with van der Waals surface area (Å²) in [6.07, 6.45) is 2.54. The summed E-state index contributed by atoms with van der Waals surface area (Å²) in [4.78, 5) is 39.0. The van der Waals surface area contributed by atoms with E-state index in [1.807, 2.05) is 39.0 Å². The normalized spacial score (nSPS) is 23.9. The lowest BCUT2D eigenvalue weighted by Crippen LogP contribution is -2.37. The first-order valence-corrected chi connectivity index (χ1v) is 12.0. The van der Waals surface area contributed by atoms with Crippen molar-refractivity contribution in [2.45, 2.75) is 47.0 Å². The lowest BCUT2D eigenvalue weighted by Gasteiger charge is -2.27. The van der Waals surface area contributed by atoms with Crippen molar-refractivity contribution in [1.29, 1.82) is 0 Å². The van der Waals surface area contributed by atoms with E-state index in [2.05, 4.69) is 5.32 Å². The molecule has 0 spiro atoms. The van der Waals surface area contributed by atoms with Gasteiger partial charge in [0, 0.05) is 10.4 Å². The first-order chi connectivity index (χ1) is 15.2. The molecule has 2 aliphatic rings. The number of carbonyl (C=O) groups is 3. The van der Waals surface area contributed by atoms with Crippen LogP contribution in [-0.4, -0.2) is 29.6 Å². The third-order valence-electron chi connectivity index (χ3n) is 7.10. The van der Waals surface area contributed by atoms with Crippen molar-refractivity contribution in [2.24, 2.45) is 23.7 Å². The number of rotatable bonds is 6. The van der Waals surface area contributed by atoms with Gasteiger partial charge < -0.3 is 15.2 Å². The number of nitrogens with one attached hydrogen (secondary N) is 1. The van der Waals surface area contributed by atoms with Crippen molar-refractivity contribution in [3.05, 3.63) is 39.8 Å². The summed E-state index contributed by atoms with van der Waals surface area (Å²) in [5, 5.41) is 13.1. The number of anilines is 1. The number of fused-ring (bicyclic) bond motifs is 2. The lowest BCUT2D eigenvalue weighted by atomic mass is 9.78. The van der Waals surface area contributed by atoms with Crippen molar-refractivity contribution >= 4 is 34.2 Å². The molecule has 2 aliphatic carbocycles. The summed E-state index contributed by atoms with van der Waals surface area (Å²) >= 11 is 1.34. The number of carbonyl (C=O) groups excluding carboxylic acids is 2. The first kappa shape index (κ1) is 22.5. The Labute approximate surface area is 192 Å². The minimum Gasteiger partial charge on any atom is -0.481 e. The maximum absolute atomic E-state index is 13.3. The van der Waals surface area contributed by atoms with E-state index < -0.39 is 23.8 Å². The van der Waals surface area contributed by atoms with Gasteiger partial charge in [0.2, 0.25) is 5.91 Å². The molecular weight excluding hydrogens is 426 g/mol. The Balaban J connectivity index is 1.72. The Bertz CT molecular complexity index is 1090. The van der Waals surface area contributed by atoms with Crippen LogP contribution in [0.1, 0.15) is 52.5 Å². The monoisotopic (exact) mass is 455 g/mol. The van der Waals surface area contributed by atoms with Gasteiger partial charge in [0.1, 0.15) is 10.6 Å². The second-order valence-corrected chi connectivity index (χ2v) is 10.2. The second-order valence-electron chi connectivity index (χ2n) is 8.97. The van der Waals surface area contributed by atoms with Crippen LogP contribution in [0.15, 0.2) is 18.2 Å². The molecule has 6 nitrogen and oxygen atoms in total. The van der Waals surface area contributed by atoms with Crippen LogP contribution in [0, 0.1) is 44.4 Å². The molecule has 7 heteroatoms. The molecule has 2 N–H and O–H groups in total. The fourth-order valence-corrected chi connectivity index (χ4v) is 6.56. The van der Waals surface area contributed by atoms with E-state index in [-0.39, 0.29) is 24.3 Å². The molecule has 1 aromatic carbocycles. The molecular formula is C25H29NO5S. The summed E-state index contributed by atoms with van der Waals surface area (Å²) in [6.45, 7) is 7.95. The zero-order valence-electron chi connectivity index (χ0n) is 18.9.